The number of rotatable bonds is 3. The van der Waals surface area contributed by atoms with Crippen LogP contribution in [0.1, 0.15) is 0 Å². The summed E-state index contributed by atoms with van der Waals surface area (Å²) in [6.45, 7) is 0. The molecule has 0 saturated carbocycles. The number of hydrogen-bond acceptors (Lipinski definition) is 6. The molecule has 23 heavy (non-hydrogen) atoms. The zero-order valence-electron chi connectivity index (χ0n) is 11.7. The van der Waals surface area contributed by atoms with Gasteiger partial charge in [0.15, 0.2) is 5.69 Å². The largest absolute Gasteiger partial charge is 0.393 e. The van der Waals surface area contributed by atoms with Crippen LogP contribution in [-0.2, 0) is 0 Å². The first-order valence-electron chi connectivity index (χ1n) is 6.56. The van der Waals surface area contributed by atoms with E-state index in [1.807, 2.05) is 0 Å². The molecule has 1 heterocycles. The first-order chi connectivity index (χ1) is 11.0. The maximum Gasteiger partial charge on any atom is 0.318 e. The van der Waals surface area contributed by atoms with Crippen molar-refractivity contribution in [1.82, 2.24) is 4.98 Å². The van der Waals surface area contributed by atoms with Crippen LogP contribution in [0, 0.1) is 20.2 Å². The lowest BCUT2D eigenvalue weighted by Gasteiger charge is -2.08. The number of nitrogens with zero attached hydrogens (tertiary/aromatic N) is 3. The van der Waals surface area contributed by atoms with Gasteiger partial charge in [-0.15, -0.1) is 0 Å². The lowest BCUT2D eigenvalue weighted by Crippen LogP contribution is -2.02. The molecule has 3 rings (SSSR count). The molecule has 0 saturated heterocycles. The molecule has 8 heteroatoms. The highest BCUT2D eigenvalue weighted by Gasteiger charge is 2.24. The number of nitro groups is 2. The minimum atomic E-state index is -0.592. The van der Waals surface area contributed by atoms with Crippen LogP contribution in [0.2, 0.25) is 0 Å². The molecule has 0 aliphatic heterocycles. The van der Waals surface area contributed by atoms with E-state index in [1.54, 1.807) is 24.3 Å². The maximum atomic E-state index is 11.4. The zero-order chi connectivity index (χ0) is 16.6. The van der Waals surface area contributed by atoms with Crippen molar-refractivity contribution >= 4 is 28.0 Å². The predicted molar refractivity (Wildman–Crippen MR) is 84.9 cm³/mol. The van der Waals surface area contributed by atoms with Crippen molar-refractivity contribution in [3.05, 3.63) is 68.8 Å². The molecule has 0 unspecified atom stereocenters. The van der Waals surface area contributed by atoms with Crippen molar-refractivity contribution in [2.24, 2.45) is 0 Å². The molecule has 0 radical (unpaired) electrons. The summed E-state index contributed by atoms with van der Waals surface area (Å²) in [6.07, 6.45) is 0. The minimum absolute atomic E-state index is 0.0222. The van der Waals surface area contributed by atoms with Gasteiger partial charge >= 0.3 is 5.69 Å². The molecule has 0 amide bonds. The van der Waals surface area contributed by atoms with Gasteiger partial charge < -0.3 is 5.73 Å². The second kappa shape index (κ2) is 5.34. The Bertz CT molecular complexity index is 938. The number of benzene rings is 2. The molecule has 2 N–H and O–H groups in total. The Morgan fingerprint density at radius 2 is 1.57 bits per heavy atom. The molecule has 0 aliphatic carbocycles. The molecular weight excluding hydrogens is 300 g/mol. The molecule has 0 atom stereocenters. The van der Waals surface area contributed by atoms with Crippen molar-refractivity contribution in [3.8, 4) is 11.3 Å². The van der Waals surface area contributed by atoms with Gasteiger partial charge in [0.05, 0.1) is 15.4 Å². The number of fused-ring (bicyclic) bond motifs is 1. The Hall–Kier alpha value is -3.55. The third-order valence-electron chi connectivity index (χ3n) is 3.44. The van der Waals surface area contributed by atoms with Crippen LogP contribution in [0.3, 0.4) is 0 Å². The molecule has 2 aromatic carbocycles. The molecule has 114 valence electrons. The highest BCUT2D eigenvalue weighted by molar-refractivity contribution is 5.99. The van der Waals surface area contributed by atoms with Gasteiger partial charge in [-0.25, -0.2) is 4.98 Å². The van der Waals surface area contributed by atoms with E-state index in [0.29, 0.717) is 16.5 Å². The number of hydrogen-bond donors (Lipinski definition) is 1. The Morgan fingerprint density at radius 1 is 0.913 bits per heavy atom. The van der Waals surface area contributed by atoms with E-state index in [9.17, 15) is 20.2 Å². The maximum absolute atomic E-state index is 11.4. The second-order valence-electron chi connectivity index (χ2n) is 4.80. The number of nitrogens with two attached hydrogens (primary N) is 1. The van der Waals surface area contributed by atoms with Crippen molar-refractivity contribution < 1.29 is 9.85 Å². The van der Waals surface area contributed by atoms with E-state index in [1.165, 1.54) is 24.3 Å². The topological polar surface area (TPSA) is 125 Å². The van der Waals surface area contributed by atoms with Gasteiger partial charge in [0, 0.05) is 23.1 Å². The summed E-state index contributed by atoms with van der Waals surface area (Å²) >= 11 is 0. The van der Waals surface area contributed by atoms with Gasteiger partial charge in [-0.2, -0.15) is 0 Å². The van der Waals surface area contributed by atoms with Gasteiger partial charge in [0.25, 0.3) is 5.69 Å². The van der Waals surface area contributed by atoms with Crippen molar-refractivity contribution in [3.63, 3.8) is 0 Å². The highest BCUT2D eigenvalue weighted by Crippen LogP contribution is 2.38. The number of aromatic nitrogens is 1. The number of anilines is 1. The fraction of sp³-hybridized carbons (Fsp3) is 0. The van der Waals surface area contributed by atoms with Crippen LogP contribution in [0.5, 0.6) is 0 Å². The Kier molecular flexibility index (Phi) is 3.34. The summed E-state index contributed by atoms with van der Waals surface area (Å²) in [5, 5.41) is 22.6. The number of nitrogen functional groups attached to an aromatic ring is 1. The molecule has 0 aliphatic rings. The van der Waals surface area contributed by atoms with Gasteiger partial charge in [-0.1, -0.05) is 18.2 Å². The predicted octanol–water partition coefficient (Wildman–Crippen LogP) is 3.30. The molecule has 1 aromatic heterocycles. The number of pyridine rings is 1. The standard InChI is InChI=1S/C15H10N4O4/c16-13-11-3-1-2-4-12(11)17-14(15(13)19(22)23)9-5-7-10(8-6-9)18(20)21/h1-8H,(H2,16,17). The summed E-state index contributed by atoms with van der Waals surface area (Å²) in [4.78, 5) is 25.3. The lowest BCUT2D eigenvalue weighted by molar-refractivity contribution is -0.385. The summed E-state index contributed by atoms with van der Waals surface area (Å²) in [6, 6.07) is 12.2. The van der Waals surface area contributed by atoms with E-state index >= 15 is 0 Å². The number of non-ortho nitro benzene ring substituents is 1. The normalized spacial score (nSPS) is 10.6. The SMILES string of the molecule is Nc1c([N+](=O)[O-])c(-c2ccc([N+](=O)[O-])cc2)nc2ccccc12. The van der Waals surface area contributed by atoms with Crippen LogP contribution in [-0.4, -0.2) is 14.8 Å². The van der Waals surface area contributed by atoms with E-state index < -0.39 is 9.85 Å². The van der Waals surface area contributed by atoms with Crippen LogP contribution in [0.4, 0.5) is 17.1 Å². The third-order valence-corrected chi connectivity index (χ3v) is 3.44. The fourth-order valence-corrected chi connectivity index (χ4v) is 2.35. The Morgan fingerprint density at radius 3 is 2.17 bits per heavy atom. The van der Waals surface area contributed by atoms with Crippen LogP contribution in [0.15, 0.2) is 48.5 Å². The molecule has 0 bridgehead atoms. The smallest absolute Gasteiger partial charge is 0.318 e. The monoisotopic (exact) mass is 310 g/mol. The first kappa shape index (κ1) is 14.4. The van der Waals surface area contributed by atoms with Crippen LogP contribution < -0.4 is 5.73 Å². The fourth-order valence-electron chi connectivity index (χ4n) is 2.35. The average molecular weight is 310 g/mol. The van der Waals surface area contributed by atoms with Gasteiger partial charge in [-0.3, -0.25) is 20.2 Å². The van der Waals surface area contributed by atoms with Gasteiger partial charge in [0.2, 0.25) is 0 Å². The summed E-state index contributed by atoms with van der Waals surface area (Å²) in [5.41, 5.74) is 6.54. The van der Waals surface area contributed by atoms with E-state index in [2.05, 4.69) is 4.98 Å². The molecule has 8 nitrogen and oxygen atoms in total. The highest BCUT2D eigenvalue weighted by atomic mass is 16.6. The van der Waals surface area contributed by atoms with E-state index in [-0.39, 0.29) is 22.8 Å². The summed E-state index contributed by atoms with van der Waals surface area (Å²) in [7, 11) is 0. The van der Waals surface area contributed by atoms with Gasteiger partial charge in [-0.05, 0) is 18.2 Å². The van der Waals surface area contributed by atoms with Gasteiger partial charge in [0.1, 0.15) is 5.69 Å². The average Bonchev–Trinajstić information content (AvgIpc) is 2.54. The van der Waals surface area contributed by atoms with Crippen LogP contribution >= 0.6 is 0 Å². The molecule has 3 aromatic rings. The quantitative estimate of drug-likeness (QED) is 0.584. The van der Waals surface area contributed by atoms with E-state index in [4.69, 9.17) is 5.73 Å². The number of para-hydroxylation sites is 1. The Balaban J connectivity index is 2.29. The summed E-state index contributed by atoms with van der Waals surface area (Å²) in [5.74, 6) is 0. The molecular formula is C15H10N4O4. The van der Waals surface area contributed by atoms with Crippen molar-refractivity contribution in [1.29, 1.82) is 0 Å². The summed E-state index contributed by atoms with van der Waals surface area (Å²) < 4.78 is 0. The lowest BCUT2D eigenvalue weighted by atomic mass is 10.1. The molecule has 0 spiro atoms. The third kappa shape index (κ3) is 2.42. The Labute approximate surface area is 129 Å². The number of nitro benzene ring substituents is 1. The van der Waals surface area contributed by atoms with Crippen LogP contribution in [0.25, 0.3) is 22.2 Å². The molecule has 0 fully saturated rings. The van der Waals surface area contributed by atoms with Crippen molar-refractivity contribution in [2.45, 2.75) is 0 Å². The second-order valence-corrected chi connectivity index (χ2v) is 4.80. The minimum Gasteiger partial charge on any atom is -0.393 e. The van der Waals surface area contributed by atoms with E-state index in [0.717, 1.165) is 0 Å². The van der Waals surface area contributed by atoms with Crippen molar-refractivity contribution in [2.75, 3.05) is 5.73 Å². The zero-order valence-corrected chi connectivity index (χ0v) is 11.7. The first-order valence-corrected chi connectivity index (χ1v) is 6.56.